The summed E-state index contributed by atoms with van der Waals surface area (Å²) in [4.78, 5) is 18.3. The standard InChI is InChI=1S/C18H22F2N6O2/c1-11-15-23-24-16(12-4-2-3-5-12)26(15)9-8-25(11)18(27)22-14-7-6-13(10-21-14)28-17(19)20/h6-7,10-12,17H,2-5,8-9H2,1H3,(H,21,22,27). The smallest absolute Gasteiger partial charge is 0.387 e. The number of aromatic nitrogens is 4. The molecule has 1 unspecified atom stereocenters. The number of fused-ring (bicyclic) bond motifs is 1. The molecule has 8 nitrogen and oxygen atoms in total. The third-order valence-corrected chi connectivity index (χ3v) is 5.39. The van der Waals surface area contributed by atoms with Gasteiger partial charge in [-0.05, 0) is 31.9 Å². The molecule has 1 fully saturated rings. The SMILES string of the molecule is CC1c2nnc(C3CCCC3)n2CCN1C(=O)Nc1ccc(OC(F)F)cn1. The van der Waals surface area contributed by atoms with Crippen molar-refractivity contribution in [1.82, 2.24) is 24.6 Å². The molecule has 0 spiro atoms. The lowest BCUT2D eigenvalue weighted by molar-refractivity contribution is -0.0500. The van der Waals surface area contributed by atoms with Crippen LogP contribution in [0.4, 0.5) is 19.4 Å². The first kappa shape index (κ1) is 18.6. The first-order chi connectivity index (χ1) is 13.5. The average Bonchev–Trinajstić information content (AvgIpc) is 3.32. The zero-order valence-electron chi connectivity index (χ0n) is 15.5. The molecule has 1 N–H and O–H groups in total. The summed E-state index contributed by atoms with van der Waals surface area (Å²) in [6.45, 7) is 0.193. The van der Waals surface area contributed by atoms with E-state index in [4.69, 9.17) is 0 Å². The predicted octanol–water partition coefficient (Wildman–Crippen LogP) is 3.54. The fourth-order valence-corrected chi connectivity index (χ4v) is 3.98. The highest BCUT2D eigenvalue weighted by Crippen LogP contribution is 2.35. The summed E-state index contributed by atoms with van der Waals surface area (Å²) in [5.41, 5.74) is 0. The van der Waals surface area contributed by atoms with Crippen molar-refractivity contribution in [2.45, 2.75) is 57.7 Å². The van der Waals surface area contributed by atoms with Gasteiger partial charge in [-0.2, -0.15) is 8.78 Å². The molecular formula is C18H22F2N6O2. The highest BCUT2D eigenvalue weighted by molar-refractivity contribution is 5.88. The van der Waals surface area contributed by atoms with E-state index < -0.39 is 6.61 Å². The Morgan fingerprint density at radius 1 is 1.21 bits per heavy atom. The molecule has 10 heteroatoms. The van der Waals surface area contributed by atoms with Gasteiger partial charge in [0.05, 0.1) is 12.2 Å². The summed E-state index contributed by atoms with van der Waals surface area (Å²) in [6, 6.07) is 2.21. The molecule has 2 aliphatic rings. The van der Waals surface area contributed by atoms with E-state index >= 15 is 0 Å². The van der Waals surface area contributed by atoms with Gasteiger partial charge in [0, 0.05) is 19.0 Å². The number of hydrogen-bond donors (Lipinski definition) is 1. The lowest BCUT2D eigenvalue weighted by atomic mass is 10.1. The van der Waals surface area contributed by atoms with Crippen LogP contribution in [0.25, 0.3) is 0 Å². The average molecular weight is 392 g/mol. The molecule has 0 saturated heterocycles. The van der Waals surface area contributed by atoms with Crippen LogP contribution in [0.15, 0.2) is 18.3 Å². The zero-order chi connectivity index (χ0) is 19.7. The van der Waals surface area contributed by atoms with E-state index in [9.17, 15) is 13.6 Å². The van der Waals surface area contributed by atoms with Crippen LogP contribution >= 0.6 is 0 Å². The van der Waals surface area contributed by atoms with Crippen LogP contribution in [-0.2, 0) is 6.54 Å². The van der Waals surface area contributed by atoms with Crippen LogP contribution in [0.3, 0.4) is 0 Å². The summed E-state index contributed by atoms with van der Waals surface area (Å²) >= 11 is 0. The number of anilines is 1. The van der Waals surface area contributed by atoms with Gasteiger partial charge in [-0.1, -0.05) is 12.8 Å². The van der Waals surface area contributed by atoms with E-state index in [-0.39, 0.29) is 23.6 Å². The van der Waals surface area contributed by atoms with E-state index in [0.29, 0.717) is 19.0 Å². The largest absolute Gasteiger partial charge is 0.433 e. The number of carbonyl (C=O) groups excluding carboxylic acids is 1. The summed E-state index contributed by atoms with van der Waals surface area (Å²) in [5, 5.41) is 11.4. The van der Waals surface area contributed by atoms with Gasteiger partial charge in [0.2, 0.25) is 0 Å². The molecule has 2 amide bonds. The lowest BCUT2D eigenvalue weighted by Gasteiger charge is -2.34. The molecule has 1 aliphatic heterocycles. The van der Waals surface area contributed by atoms with Crippen molar-refractivity contribution in [2.24, 2.45) is 0 Å². The van der Waals surface area contributed by atoms with Crippen LogP contribution in [-0.4, -0.2) is 43.8 Å². The van der Waals surface area contributed by atoms with Gasteiger partial charge in [0.15, 0.2) is 5.82 Å². The minimum Gasteiger partial charge on any atom is -0.433 e. The highest BCUT2D eigenvalue weighted by Gasteiger charge is 2.33. The van der Waals surface area contributed by atoms with Gasteiger partial charge in [0.25, 0.3) is 0 Å². The maximum absolute atomic E-state index is 12.7. The number of halogens is 2. The molecule has 2 aromatic rings. The Morgan fingerprint density at radius 3 is 2.64 bits per heavy atom. The van der Waals surface area contributed by atoms with Crippen LogP contribution in [0.1, 0.15) is 56.2 Å². The predicted molar refractivity (Wildman–Crippen MR) is 96.2 cm³/mol. The van der Waals surface area contributed by atoms with Gasteiger partial charge in [-0.25, -0.2) is 9.78 Å². The van der Waals surface area contributed by atoms with Crippen molar-refractivity contribution < 1.29 is 18.3 Å². The molecule has 150 valence electrons. The Morgan fingerprint density at radius 2 is 1.96 bits per heavy atom. The van der Waals surface area contributed by atoms with Crippen LogP contribution in [0, 0.1) is 0 Å². The number of rotatable bonds is 4. The molecule has 0 aromatic carbocycles. The van der Waals surface area contributed by atoms with E-state index in [1.165, 1.54) is 25.0 Å². The number of alkyl halides is 2. The number of nitrogens with one attached hydrogen (secondary N) is 1. The Kier molecular flexibility index (Phi) is 5.10. The van der Waals surface area contributed by atoms with Gasteiger partial charge >= 0.3 is 12.6 Å². The van der Waals surface area contributed by atoms with Gasteiger partial charge in [-0.15, -0.1) is 10.2 Å². The minimum absolute atomic E-state index is 0.0631. The fourth-order valence-electron chi connectivity index (χ4n) is 3.98. The molecule has 3 heterocycles. The van der Waals surface area contributed by atoms with E-state index in [2.05, 4.69) is 29.8 Å². The number of carbonyl (C=O) groups is 1. The topological polar surface area (TPSA) is 85.2 Å². The number of amides is 2. The van der Waals surface area contributed by atoms with Crippen molar-refractivity contribution in [3.8, 4) is 5.75 Å². The zero-order valence-corrected chi connectivity index (χ0v) is 15.5. The molecule has 28 heavy (non-hydrogen) atoms. The van der Waals surface area contributed by atoms with Crippen LogP contribution in [0.2, 0.25) is 0 Å². The van der Waals surface area contributed by atoms with E-state index in [1.807, 2.05) is 6.92 Å². The second-order valence-corrected chi connectivity index (χ2v) is 7.11. The summed E-state index contributed by atoms with van der Waals surface area (Å²) in [7, 11) is 0. The fraction of sp³-hybridized carbons (Fsp3) is 0.556. The number of ether oxygens (including phenoxy) is 1. The molecule has 1 saturated carbocycles. The van der Waals surface area contributed by atoms with Gasteiger partial charge < -0.3 is 14.2 Å². The second kappa shape index (κ2) is 7.69. The van der Waals surface area contributed by atoms with Crippen molar-refractivity contribution >= 4 is 11.8 Å². The Balaban J connectivity index is 1.43. The Labute approximate surface area is 160 Å². The van der Waals surface area contributed by atoms with Crippen molar-refractivity contribution in [1.29, 1.82) is 0 Å². The second-order valence-electron chi connectivity index (χ2n) is 7.11. The first-order valence-corrected chi connectivity index (χ1v) is 9.44. The lowest BCUT2D eigenvalue weighted by Crippen LogP contribution is -2.43. The van der Waals surface area contributed by atoms with Crippen molar-refractivity contribution in [2.75, 3.05) is 11.9 Å². The monoisotopic (exact) mass is 392 g/mol. The molecule has 4 rings (SSSR count). The maximum Gasteiger partial charge on any atom is 0.387 e. The normalized spacial score (nSPS) is 19.7. The highest BCUT2D eigenvalue weighted by atomic mass is 19.3. The molecule has 0 radical (unpaired) electrons. The maximum atomic E-state index is 12.7. The molecule has 2 aromatic heterocycles. The number of nitrogens with zero attached hydrogens (tertiary/aromatic N) is 5. The van der Waals surface area contributed by atoms with E-state index in [1.54, 1.807) is 4.90 Å². The number of urea groups is 1. The van der Waals surface area contributed by atoms with Crippen LogP contribution in [0.5, 0.6) is 5.75 Å². The van der Waals surface area contributed by atoms with Crippen molar-refractivity contribution in [3.63, 3.8) is 0 Å². The summed E-state index contributed by atoms with van der Waals surface area (Å²) < 4.78 is 30.8. The van der Waals surface area contributed by atoms with Crippen molar-refractivity contribution in [3.05, 3.63) is 30.0 Å². The summed E-state index contributed by atoms with van der Waals surface area (Å²) in [5.74, 6) is 2.49. The molecule has 0 bridgehead atoms. The van der Waals surface area contributed by atoms with Gasteiger partial charge in [-0.3, -0.25) is 5.32 Å². The Bertz CT molecular complexity index is 835. The number of hydrogen-bond acceptors (Lipinski definition) is 5. The third kappa shape index (κ3) is 3.63. The number of pyridine rings is 1. The van der Waals surface area contributed by atoms with Crippen LogP contribution < -0.4 is 10.1 Å². The van der Waals surface area contributed by atoms with E-state index in [0.717, 1.165) is 30.7 Å². The molecular weight excluding hydrogens is 370 g/mol. The molecule has 1 aliphatic carbocycles. The summed E-state index contributed by atoms with van der Waals surface area (Å²) in [6.07, 6.45) is 5.89. The Hall–Kier alpha value is -2.78. The molecule has 1 atom stereocenters. The van der Waals surface area contributed by atoms with Gasteiger partial charge in [0.1, 0.15) is 17.4 Å². The first-order valence-electron chi connectivity index (χ1n) is 9.44. The quantitative estimate of drug-likeness (QED) is 0.860. The minimum atomic E-state index is -2.91. The third-order valence-electron chi connectivity index (χ3n) is 5.39.